The lowest BCUT2D eigenvalue weighted by molar-refractivity contribution is -0.151. The van der Waals surface area contributed by atoms with Gasteiger partial charge in [0.1, 0.15) is 6.17 Å². The normalized spacial score (nSPS) is 24.0. The molecule has 2 atom stereocenters. The molecule has 5 N–H and O–H groups in total. The van der Waals surface area contributed by atoms with E-state index in [0.717, 1.165) is 55.3 Å². The predicted molar refractivity (Wildman–Crippen MR) is 130 cm³/mol. The van der Waals surface area contributed by atoms with E-state index in [1.807, 2.05) is 41.4 Å². The molecule has 2 unspecified atom stereocenters. The van der Waals surface area contributed by atoms with E-state index in [2.05, 4.69) is 26.5 Å². The first-order chi connectivity index (χ1) is 16.5. The van der Waals surface area contributed by atoms with Gasteiger partial charge >= 0.3 is 0 Å². The van der Waals surface area contributed by atoms with Gasteiger partial charge in [-0.3, -0.25) is 15.0 Å². The Bertz CT molecular complexity index is 998. The van der Waals surface area contributed by atoms with Crippen molar-refractivity contribution in [3.8, 4) is 0 Å². The summed E-state index contributed by atoms with van der Waals surface area (Å²) in [6.07, 6.45) is 5.62. The molecule has 0 bridgehead atoms. The van der Waals surface area contributed by atoms with Crippen LogP contribution in [0.5, 0.6) is 0 Å². The fourth-order valence-corrected chi connectivity index (χ4v) is 4.83. The Morgan fingerprint density at radius 1 is 1.24 bits per heavy atom. The molecule has 4 aliphatic heterocycles. The van der Waals surface area contributed by atoms with E-state index >= 15 is 0 Å². The van der Waals surface area contributed by atoms with Crippen LogP contribution in [-0.4, -0.2) is 90.7 Å². The van der Waals surface area contributed by atoms with E-state index in [0.29, 0.717) is 18.2 Å². The van der Waals surface area contributed by atoms with Gasteiger partial charge in [-0.2, -0.15) is 0 Å². The Labute approximate surface area is 204 Å². The average molecular weight is 487 g/mol. The van der Waals surface area contributed by atoms with Crippen molar-refractivity contribution in [2.75, 3.05) is 52.7 Å². The zero-order valence-corrected chi connectivity index (χ0v) is 19.7. The maximum Gasteiger partial charge on any atom is 0.230 e. The molecule has 2 saturated heterocycles. The van der Waals surface area contributed by atoms with Crippen molar-refractivity contribution in [3.63, 3.8) is 0 Å². The lowest BCUT2D eigenvalue weighted by atomic mass is 10.1. The number of aliphatic hydroxyl groups excluding tert-OH is 1. The summed E-state index contributed by atoms with van der Waals surface area (Å²) in [4.78, 5) is 19.1. The summed E-state index contributed by atoms with van der Waals surface area (Å²) >= 11 is 6.13. The lowest BCUT2D eigenvalue weighted by Crippen LogP contribution is -2.53. The highest BCUT2D eigenvalue weighted by molar-refractivity contribution is 6.30. The first-order valence-electron chi connectivity index (χ1n) is 11.7. The number of nitrogens with two attached hydrogens (primary N) is 1. The number of hydrogen-bond donors (Lipinski definition) is 4. The molecular weight excluding hydrogens is 456 g/mol. The average Bonchev–Trinajstić information content (AvgIpc) is 3.16. The molecule has 0 radical (unpaired) electrons. The second-order valence-electron chi connectivity index (χ2n) is 8.99. The van der Waals surface area contributed by atoms with E-state index in [9.17, 15) is 9.90 Å². The molecule has 1 aromatic rings. The SMILES string of the molecule is NC(NCO)C1=CN2C(CN3CCN(C(=O)C4COC4)CC3)=C(c3ccc(Cl)cc3)NC2C=C1. The molecular formula is C24H31ClN6O3. The Balaban J connectivity index is 1.36. The van der Waals surface area contributed by atoms with Crippen LogP contribution in [0.2, 0.25) is 5.02 Å². The summed E-state index contributed by atoms with van der Waals surface area (Å²) in [6, 6.07) is 7.84. The second kappa shape index (κ2) is 10.1. The van der Waals surface area contributed by atoms with Crippen LogP contribution in [0.3, 0.4) is 0 Å². The van der Waals surface area contributed by atoms with E-state index in [1.54, 1.807) is 0 Å². The maximum absolute atomic E-state index is 12.6. The van der Waals surface area contributed by atoms with Gasteiger partial charge in [0.2, 0.25) is 5.91 Å². The zero-order chi connectivity index (χ0) is 23.7. The Hall–Kier alpha value is -2.40. The van der Waals surface area contributed by atoms with E-state index < -0.39 is 6.17 Å². The Morgan fingerprint density at radius 2 is 1.97 bits per heavy atom. The number of nitrogens with zero attached hydrogens (tertiary/aromatic N) is 3. The van der Waals surface area contributed by atoms with E-state index in [1.165, 1.54) is 0 Å². The minimum absolute atomic E-state index is 0.0211. The predicted octanol–water partition coefficient (Wildman–Crippen LogP) is 0.308. The minimum Gasteiger partial charge on any atom is -0.381 e. The maximum atomic E-state index is 12.6. The number of halogens is 1. The van der Waals surface area contributed by atoms with Crippen molar-refractivity contribution in [1.29, 1.82) is 0 Å². The smallest absolute Gasteiger partial charge is 0.230 e. The van der Waals surface area contributed by atoms with Crippen LogP contribution in [-0.2, 0) is 9.53 Å². The molecule has 5 rings (SSSR count). The molecule has 0 spiro atoms. The molecule has 1 aromatic carbocycles. The van der Waals surface area contributed by atoms with Crippen molar-refractivity contribution < 1.29 is 14.6 Å². The number of nitrogens with one attached hydrogen (secondary N) is 2. The number of carbonyl (C=O) groups excluding carboxylic acids is 1. The zero-order valence-electron chi connectivity index (χ0n) is 19.0. The molecule has 0 aromatic heterocycles. The van der Waals surface area contributed by atoms with Gasteiger partial charge in [-0.1, -0.05) is 29.8 Å². The van der Waals surface area contributed by atoms with Gasteiger partial charge in [-0.25, -0.2) is 0 Å². The van der Waals surface area contributed by atoms with Crippen molar-refractivity contribution >= 4 is 23.2 Å². The number of rotatable bonds is 7. The summed E-state index contributed by atoms with van der Waals surface area (Å²) in [5.41, 5.74) is 10.3. The first kappa shape index (κ1) is 23.3. The van der Waals surface area contributed by atoms with Crippen molar-refractivity contribution in [3.05, 3.63) is 64.5 Å². The Kier molecular flexibility index (Phi) is 6.91. The fraction of sp³-hybridized carbons (Fsp3) is 0.458. The van der Waals surface area contributed by atoms with Crippen LogP contribution in [0.1, 0.15) is 5.56 Å². The third-order valence-electron chi connectivity index (χ3n) is 6.80. The van der Waals surface area contributed by atoms with Gasteiger partial charge in [0.15, 0.2) is 0 Å². The molecule has 1 amide bonds. The molecule has 4 aliphatic rings. The van der Waals surface area contributed by atoms with E-state index in [4.69, 9.17) is 22.1 Å². The van der Waals surface area contributed by atoms with Crippen LogP contribution in [0.15, 0.2) is 53.9 Å². The summed E-state index contributed by atoms with van der Waals surface area (Å²) < 4.78 is 5.19. The number of ether oxygens (including phenoxy) is 1. The molecule has 182 valence electrons. The molecule has 10 heteroatoms. The van der Waals surface area contributed by atoms with Gasteiger partial charge in [0.25, 0.3) is 0 Å². The quantitative estimate of drug-likeness (QED) is 0.408. The largest absolute Gasteiger partial charge is 0.381 e. The highest BCUT2D eigenvalue weighted by atomic mass is 35.5. The monoisotopic (exact) mass is 486 g/mol. The van der Waals surface area contributed by atoms with Gasteiger partial charge in [0, 0.05) is 43.9 Å². The van der Waals surface area contributed by atoms with E-state index in [-0.39, 0.29) is 24.7 Å². The molecule has 34 heavy (non-hydrogen) atoms. The molecule has 2 fully saturated rings. The summed E-state index contributed by atoms with van der Waals surface area (Å²) in [5.74, 6) is 0.250. The molecule has 0 saturated carbocycles. The Morgan fingerprint density at radius 3 is 2.62 bits per heavy atom. The van der Waals surface area contributed by atoms with Crippen molar-refractivity contribution in [2.24, 2.45) is 11.7 Å². The number of hydrogen-bond acceptors (Lipinski definition) is 8. The summed E-state index contributed by atoms with van der Waals surface area (Å²) in [7, 11) is 0. The first-order valence-corrected chi connectivity index (χ1v) is 12.0. The third-order valence-corrected chi connectivity index (χ3v) is 7.05. The molecule has 0 aliphatic carbocycles. The third kappa shape index (κ3) is 4.72. The lowest BCUT2D eigenvalue weighted by Gasteiger charge is -2.39. The number of piperazine rings is 1. The van der Waals surface area contributed by atoms with Crippen LogP contribution < -0.4 is 16.4 Å². The van der Waals surface area contributed by atoms with Gasteiger partial charge in [-0.15, -0.1) is 0 Å². The van der Waals surface area contributed by atoms with Crippen molar-refractivity contribution in [2.45, 2.75) is 12.3 Å². The molecule has 9 nitrogen and oxygen atoms in total. The van der Waals surface area contributed by atoms with Crippen LogP contribution >= 0.6 is 11.6 Å². The number of fused-ring (bicyclic) bond motifs is 1. The van der Waals surface area contributed by atoms with Crippen molar-refractivity contribution in [1.82, 2.24) is 25.3 Å². The highest BCUT2D eigenvalue weighted by Crippen LogP contribution is 2.33. The topological polar surface area (TPSA) is 106 Å². The number of carbonyl (C=O) groups is 1. The summed E-state index contributed by atoms with van der Waals surface area (Å²) in [6.45, 7) is 4.71. The number of aliphatic hydroxyl groups is 1. The fourth-order valence-electron chi connectivity index (χ4n) is 4.70. The van der Waals surface area contributed by atoms with Crippen LogP contribution in [0.4, 0.5) is 0 Å². The minimum atomic E-state index is -0.465. The number of benzene rings is 1. The second-order valence-corrected chi connectivity index (χ2v) is 9.43. The summed E-state index contributed by atoms with van der Waals surface area (Å²) in [5, 5.41) is 16.4. The molecule has 4 heterocycles. The van der Waals surface area contributed by atoms with Gasteiger partial charge in [-0.05, 0) is 29.3 Å². The van der Waals surface area contributed by atoms with Crippen LogP contribution in [0.25, 0.3) is 5.70 Å². The van der Waals surface area contributed by atoms with Gasteiger partial charge < -0.3 is 30.7 Å². The highest BCUT2D eigenvalue weighted by Gasteiger charge is 2.35. The standard InChI is InChI=1S/C24H31ClN6O3/c25-19-4-1-16(2-5-19)22-20(31-11-17(23(26)27-15-32)3-6-21(31)28-22)12-29-7-9-30(10-8-29)24(33)18-13-34-14-18/h1-6,11,18,21,23,27-28,32H,7-10,12-15,26H2. The number of amides is 1. The van der Waals surface area contributed by atoms with Gasteiger partial charge in [0.05, 0.1) is 43.4 Å². The van der Waals surface area contributed by atoms with Crippen LogP contribution in [0, 0.1) is 5.92 Å².